The van der Waals surface area contributed by atoms with E-state index in [1.165, 1.54) is 5.56 Å². The van der Waals surface area contributed by atoms with Crippen molar-refractivity contribution in [1.82, 2.24) is 35.5 Å². The van der Waals surface area contributed by atoms with Crippen LogP contribution in [0.4, 0.5) is 17.2 Å². The fourth-order valence-corrected chi connectivity index (χ4v) is 4.35. The first-order valence-electron chi connectivity index (χ1n) is 10.5. The Labute approximate surface area is 178 Å². The predicted molar refractivity (Wildman–Crippen MR) is 116 cm³/mol. The van der Waals surface area contributed by atoms with E-state index in [1.54, 1.807) is 0 Å². The Balaban J connectivity index is 1.40. The molecule has 0 spiro atoms. The third-order valence-corrected chi connectivity index (χ3v) is 6.27. The maximum absolute atomic E-state index is 12.6. The lowest BCUT2D eigenvalue weighted by molar-refractivity contribution is 0.214. The topological polar surface area (TPSA) is 119 Å². The number of anilines is 2. The Kier molecular flexibility index (Phi) is 4.85. The van der Waals surface area contributed by atoms with E-state index in [4.69, 9.17) is 0 Å². The van der Waals surface area contributed by atoms with Crippen molar-refractivity contribution in [2.24, 2.45) is 4.99 Å². The van der Waals surface area contributed by atoms with Crippen LogP contribution in [0.1, 0.15) is 35.7 Å². The average molecular weight is 419 g/mol. The predicted octanol–water partition coefficient (Wildman–Crippen LogP) is 0.593. The van der Waals surface area contributed by atoms with Crippen LogP contribution in [0.2, 0.25) is 0 Å². The fraction of sp³-hybridized carbons (Fsp3) is 0.429. The Morgan fingerprint density at radius 2 is 1.94 bits per heavy atom. The van der Waals surface area contributed by atoms with Gasteiger partial charge in [0.15, 0.2) is 17.0 Å². The molecule has 0 atom stereocenters. The normalized spacial score (nSPS) is 16.6. The number of H-pyrrole nitrogens is 2. The van der Waals surface area contributed by atoms with Crippen LogP contribution in [0.15, 0.2) is 21.9 Å². The molecule has 2 aromatic heterocycles. The van der Waals surface area contributed by atoms with Gasteiger partial charge < -0.3 is 14.8 Å². The molecule has 2 aliphatic rings. The molecule has 10 nitrogen and oxygen atoms in total. The van der Waals surface area contributed by atoms with Gasteiger partial charge in [-0.1, -0.05) is 6.58 Å². The van der Waals surface area contributed by atoms with Crippen LogP contribution >= 0.6 is 0 Å². The third kappa shape index (κ3) is 3.63. The lowest BCUT2D eigenvalue weighted by atomic mass is 9.96. The summed E-state index contributed by atoms with van der Waals surface area (Å²) in [6.45, 7) is 11.5. The summed E-state index contributed by atoms with van der Waals surface area (Å²) in [4.78, 5) is 28.9. The van der Waals surface area contributed by atoms with Crippen LogP contribution < -0.4 is 21.3 Å². The number of aryl methyl sites for hydroxylation is 2. The summed E-state index contributed by atoms with van der Waals surface area (Å²) in [5, 5.41) is 14.7. The maximum atomic E-state index is 12.6. The van der Waals surface area contributed by atoms with Crippen molar-refractivity contribution in [3.05, 3.63) is 50.3 Å². The second-order valence-electron chi connectivity index (χ2n) is 8.28. The van der Waals surface area contributed by atoms with Crippen LogP contribution in [-0.2, 0) is 0 Å². The number of piperidine rings is 1. The number of hydrogen-bond donors (Lipinski definition) is 2. The van der Waals surface area contributed by atoms with Gasteiger partial charge in [0, 0.05) is 19.0 Å². The standard InChI is InChI=1S/C21H25N9O/c1-12-10-16-17(11-13(12)2)30(20-18(24-16)21(31)23-14(3)22-20)9-8-29-6-4-15(5-7-29)19-25-27-28-26-19/h10-11,15H,3-9H2,1-2H3,(H,23,31)(H,25,26,27,28). The number of nitrogens with zero attached hydrogens (tertiary/aromatic N) is 7. The Morgan fingerprint density at radius 1 is 1.16 bits per heavy atom. The van der Waals surface area contributed by atoms with Gasteiger partial charge in [0.05, 0.1) is 11.4 Å². The quantitative estimate of drug-likeness (QED) is 0.635. The number of hydrogen-bond acceptors (Lipinski definition) is 8. The van der Waals surface area contributed by atoms with E-state index in [1.807, 2.05) is 6.07 Å². The average Bonchev–Trinajstić information content (AvgIpc) is 3.28. The number of aromatic amines is 2. The number of tetrazole rings is 1. The van der Waals surface area contributed by atoms with Crippen molar-refractivity contribution in [2.75, 3.05) is 31.1 Å². The van der Waals surface area contributed by atoms with Crippen LogP contribution in [-0.4, -0.2) is 61.7 Å². The van der Waals surface area contributed by atoms with E-state index in [9.17, 15) is 4.79 Å². The zero-order chi connectivity index (χ0) is 21.5. The van der Waals surface area contributed by atoms with E-state index in [0.29, 0.717) is 29.1 Å². The van der Waals surface area contributed by atoms with Gasteiger partial charge in [0.1, 0.15) is 5.48 Å². The molecule has 1 fully saturated rings. The Bertz CT molecular complexity index is 1270. The molecule has 4 heterocycles. The molecule has 160 valence electrons. The number of likely N-dealkylation sites (tertiary alicyclic amines) is 1. The van der Waals surface area contributed by atoms with Gasteiger partial charge in [-0.25, -0.2) is 15.1 Å². The molecular weight excluding hydrogens is 394 g/mol. The summed E-state index contributed by atoms with van der Waals surface area (Å²) < 4.78 is 0. The maximum Gasteiger partial charge on any atom is 0.279 e. The molecule has 1 aromatic carbocycles. The number of benzene rings is 1. The van der Waals surface area contributed by atoms with E-state index in [2.05, 4.69) is 71.9 Å². The molecule has 3 aromatic rings. The minimum absolute atomic E-state index is 0.259. The monoisotopic (exact) mass is 419 g/mol. The molecule has 0 saturated carbocycles. The molecule has 2 aliphatic heterocycles. The van der Waals surface area contributed by atoms with Crippen LogP contribution in [0.5, 0.6) is 0 Å². The molecule has 0 unspecified atom stereocenters. The number of fused-ring (bicyclic) bond motifs is 2. The molecule has 0 amide bonds. The van der Waals surface area contributed by atoms with Crippen LogP contribution in [0.3, 0.4) is 0 Å². The molecule has 1 saturated heterocycles. The van der Waals surface area contributed by atoms with Gasteiger partial charge in [-0.15, -0.1) is 5.10 Å². The highest BCUT2D eigenvalue weighted by Crippen LogP contribution is 2.36. The van der Waals surface area contributed by atoms with Crippen molar-refractivity contribution in [2.45, 2.75) is 32.6 Å². The lowest BCUT2D eigenvalue weighted by Gasteiger charge is -2.34. The van der Waals surface area contributed by atoms with Crippen LogP contribution in [0, 0.1) is 13.8 Å². The first kappa shape index (κ1) is 19.6. The van der Waals surface area contributed by atoms with Gasteiger partial charge >= 0.3 is 0 Å². The number of rotatable bonds is 4. The van der Waals surface area contributed by atoms with Gasteiger partial charge in [0.2, 0.25) is 0 Å². The van der Waals surface area contributed by atoms with Crippen molar-refractivity contribution in [1.29, 1.82) is 0 Å². The van der Waals surface area contributed by atoms with E-state index in [0.717, 1.165) is 55.2 Å². The minimum atomic E-state index is -0.259. The van der Waals surface area contributed by atoms with Gasteiger partial charge in [-0.3, -0.25) is 4.79 Å². The molecule has 0 radical (unpaired) electrons. The zero-order valence-electron chi connectivity index (χ0n) is 17.7. The smallest absolute Gasteiger partial charge is 0.279 e. The Morgan fingerprint density at radius 3 is 2.68 bits per heavy atom. The highest BCUT2D eigenvalue weighted by Gasteiger charge is 2.26. The summed E-state index contributed by atoms with van der Waals surface area (Å²) >= 11 is 0. The van der Waals surface area contributed by atoms with E-state index < -0.39 is 0 Å². The molecular formula is C21H25N9O. The molecule has 5 rings (SSSR count). The minimum Gasteiger partial charge on any atom is -0.321 e. The first-order chi connectivity index (χ1) is 15.0. The SMILES string of the molecule is C=c1nc2c(c(=O)[nH]1)=Nc1cc(C)c(C)cc1N2CCN1CCC(c2nnn[nH]2)CC1. The zero-order valence-corrected chi connectivity index (χ0v) is 17.7. The summed E-state index contributed by atoms with van der Waals surface area (Å²) in [5.41, 5.74) is 4.20. The van der Waals surface area contributed by atoms with Gasteiger partial charge in [0.25, 0.3) is 5.56 Å². The summed E-state index contributed by atoms with van der Waals surface area (Å²) in [6, 6.07) is 4.17. The molecule has 0 aliphatic carbocycles. The van der Waals surface area contributed by atoms with Gasteiger partial charge in [-0.2, -0.15) is 0 Å². The van der Waals surface area contributed by atoms with Gasteiger partial charge in [-0.05, 0) is 73.5 Å². The lowest BCUT2D eigenvalue weighted by Crippen LogP contribution is -2.45. The van der Waals surface area contributed by atoms with Crippen molar-refractivity contribution in [3.63, 3.8) is 0 Å². The highest BCUT2D eigenvalue weighted by molar-refractivity contribution is 5.77. The molecule has 10 heteroatoms. The summed E-state index contributed by atoms with van der Waals surface area (Å²) in [5.74, 6) is 1.82. The molecule has 31 heavy (non-hydrogen) atoms. The first-order valence-corrected chi connectivity index (χ1v) is 10.5. The second kappa shape index (κ2) is 7.69. The van der Waals surface area contributed by atoms with Crippen LogP contribution in [0.25, 0.3) is 6.58 Å². The van der Waals surface area contributed by atoms with Crippen molar-refractivity contribution >= 4 is 23.8 Å². The highest BCUT2D eigenvalue weighted by atomic mass is 16.1. The number of nitrogens with one attached hydrogen (secondary N) is 2. The summed E-state index contributed by atoms with van der Waals surface area (Å²) in [7, 11) is 0. The van der Waals surface area contributed by atoms with Crippen molar-refractivity contribution < 1.29 is 0 Å². The fourth-order valence-electron chi connectivity index (χ4n) is 4.35. The second-order valence-corrected chi connectivity index (χ2v) is 8.28. The van der Waals surface area contributed by atoms with E-state index in [-0.39, 0.29) is 5.56 Å². The third-order valence-electron chi connectivity index (χ3n) is 6.27. The van der Waals surface area contributed by atoms with E-state index >= 15 is 0 Å². The Hall–Kier alpha value is -3.40. The largest absolute Gasteiger partial charge is 0.321 e. The van der Waals surface area contributed by atoms with Crippen molar-refractivity contribution in [3.8, 4) is 0 Å². The molecule has 2 N–H and O–H groups in total. The molecule has 0 bridgehead atoms. The number of aromatic nitrogens is 6. The summed E-state index contributed by atoms with van der Waals surface area (Å²) in [6.07, 6.45) is 2.03.